The Labute approximate surface area is 98.3 Å². The number of fused-ring (bicyclic) bond motifs is 1. The highest BCUT2D eigenvalue weighted by atomic mass is 14.7. The van der Waals surface area contributed by atoms with Gasteiger partial charge in [0.25, 0.3) is 0 Å². The molecule has 0 N–H and O–H groups in total. The third-order valence-corrected chi connectivity index (χ3v) is 2.78. The molecule has 1 heteroatoms. The van der Waals surface area contributed by atoms with Crippen LogP contribution in [0.5, 0.6) is 0 Å². The summed E-state index contributed by atoms with van der Waals surface area (Å²) in [5.74, 6) is 0. The van der Waals surface area contributed by atoms with Crippen molar-refractivity contribution >= 4 is 5.71 Å². The Morgan fingerprint density at radius 2 is 1.69 bits per heavy atom. The van der Waals surface area contributed by atoms with Crippen molar-refractivity contribution in [2.24, 2.45) is 4.99 Å². The number of aryl methyl sites for hydroxylation is 1. The lowest BCUT2D eigenvalue weighted by Crippen LogP contribution is -2.13. The van der Waals surface area contributed by atoms with Crippen molar-refractivity contribution in [3.05, 3.63) is 71.3 Å². The van der Waals surface area contributed by atoms with E-state index in [1.807, 2.05) is 54.6 Å². The molecule has 16 heavy (non-hydrogen) atoms. The maximum absolute atomic E-state index is 7.92. The molecule has 0 amide bonds. The molecular formula is C15H13N. The minimum atomic E-state index is -1.51. The normalized spacial score (nSPS) is 19.1. The Balaban J connectivity index is 2.20. The van der Waals surface area contributed by atoms with Crippen LogP contribution in [-0.4, -0.2) is 12.2 Å². The molecule has 1 nitrogen and oxygen atoms in total. The SMILES string of the molecule is [2H]C1([2H])Cc2ccccc2C(c2ccccc2)=N1. The largest absolute Gasteiger partial charge is 0.284 e. The first-order chi connectivity index (χ1) is 8.66. The quantitative estimate of drug-likeness (QED) is 0.684. The van der Waals surface area contributed by atoms with Crippen LogP contribution in [0.2, 0.25) is 0 Å². The minimum absolute atomic E-state index is 0.347. The van der Waals surface area contributed by atoms with Gasteiger partial charge in [0.1, 0.15) is 0 Å². The van der Waals surface area contributed by atoms with Gasteiger partial charge < -0.3 is 0 Å². The van der Waals surface area contributed by atoms with Crippen molar-refractivity contribution in [2.45, 2.75) is 6.42 Å². The number of aliphatic imine (C=N–C) groups is 1. The summed E-state index contributed by atoms with van der Waals surface area (Å²) in [6.45, 7) is -1.51. The molecule has 1 aliphatic heterocycles. The van der Waals surface area contributed by atoms with Gasteiger partial charge in [0.15, 0.2) is 0 Å². The number of rotatable bonds is 1. The summed E-state index contributed by atoms with van der Waals surface area (Å²) in [5, 5.41) is 0. The number of nitrogens with zero attached hydrogens (tertiary/aromatic N) is 1. The van der Waals surface area contributed by atoms with Crippen LogP contribution < -0.4 is 0 Å². The van der Waals surface area contributed by atoms with Crippen LogP contribution in [0.15, 0.2) is 59.6 Å². The second-order valence-electron chi connectivity index (χ2n) is 3.82. The summed E-state index contributed by atoms with van der Waals surface area (Å²) in [6, 6.07) is 17.7. The van der Waals surface area contributed by atoms with E-state index in [-0.39, 0.29) is 0 Å². The predicted molar refractivity (Wildman–Crippen MR) is 67.1 cm³/mol. The van der Waals surface area contributed by atoms with E-state index < -0.39 is 6.50 Å². The smallest absolute Gasteiger partial charge is 0.0721 e. The molecule has 1 aliphatic rings. The zero-order valence-electron chi connectivity index (χ0n) is 10.9. The van der Waals surface area contributed by atoms with Gasteiger partial charge in [0.05, 0.1) is 8.45 Å². The zero-order chi connectivity index (χ0) is 12.6. The van der Waals surface area contributed by atoms with Gasteiger partial charge in [-0.15, -0.1) is 0 Å². The lowest BCUT2D eigenvalue weighted by atomic mass is 9.93. The second-order valence-corrected chi connectivity index (χ2v) is 3.82. The van der Waals surface area contributed by atoms with Crippen LogP contribution in [0, 0.1) is 0 Å². The van der Waals surface area contributed by atoms with E-state index in [4.69, 9.17) is 2.74 Å². The molecule has 0 bridgehead atoms. The Morgan fingerprint density at radius 1 is 0.938 bits per heavy atom. The average molecular weight is 209 g/mol. The Bertz CT molecular complexity index is 603. The number of benzene rings is 2. The van der Waals surface area contributed by atoms with Crippen molar-refractivity contribution in [3.63, 3.8) is 0 Å². The number of hydrogen-bond acceptors (Lipinski definition) is 1. The highest BCUT2D eigenvalue weighted by Gasteiger charge is 2.14. The van der Waals surface area contributed by atoms with E-state index in [2.05, 4.69) is 4.99 Å². The van der Waals surface area contributed by atoms with Crippen molar-refractivity contribution in [1.29, 1.82) is 0 Å². The lowest BCUT2D eigenvalue weighted by molar-refractivity contribution is 0.944. The summed E-state index contributed by atoms with van der Waals surface area (Å²) >= 11 is 0. The van der Waals surface area contributed by atoms with Crippen LogP contribution in [0.1, 0.15) is 19.4 Å². The molecule has 0 spiro atoms. The van der Waals surface area contributed by atoms with Crippen LogP contribution in [0.25, 0.3) is 0 Å². The maximum Gasteiger partial charge on any atom is 0.0721 e. The molecule has 0 fully saturated rings. The molecule has 2 aromatic carbocycles. The summed E-state index contributed by atoms with van der Waals surface area (Å²) in [5.41, 5.74) is 3.78. The fourth-order valence-electron chi connectivity index (χ4n) is 1.99. The molecule has 0 unspecified atom stereocenters. The van der Waals surface area contributed by atoms with Gasteiger partial charge in [-0.3, -0.25) is 4.99 Å². The van der Waals surface area contributed by atoms with Crippen molar-refractivity contribution in [1.82, 2.24) is 0 Å². The molecule has 0 saturated carbocycles. The van der Waals surface area contributed by atoms with Crippen molar-refractivity contribution in [3.8, 4) is 0 Å². The molecule has 2 aromatic rings. The highest BCUT2D eigenvalue weighted by molar-refractivity contribution is 6.14. The third-order valence-electron chi connectivity index (χ3n) is 2.78. The van der Waals surface area contributed by atoms with Crippen LogP contribution >= 0.6 is 0 Å². The van der Waals surface area contributed by atoms with E-state index in [0.29, 0.717) is 6.42 Å². The Kier molecular flexibility index (Phi) is 1.82. The van der Waals surface area contributed by atoms with Gasteiger partial charge in [0.2, 0.25) is 0 Å². The molecule has 0 radical (unpaired) electrons. The molecule has 0 saturated heterocycles. The molecule has 0 aromatic heterocycles. The highest BCUT2D eigenvalue weighted by Crippen LogP contribution is 2.19. The Hall–Kier alpha value is -1.89. The first-order valence-electron chi connectivity index (χ1n) is 6.39. The van der Waals surface area contributed by atoms with E-state index >= 15 is 0 Å². The maximum atomic E-state index is 7.92. The summed E-state index contributed by atoms with van der Waals surface area (Å²) in [7, 11) is 0. The molecular weight excluding hydrogens is 194 g/mol. The molecule has 78 valence electrons. The predicted octanol–water partition coefficient (Wildman–Crippen LogP) is 3.08. The van der Waals surface area contributed by atoms with E-state index in [1.54, 1.807) is 0 Å². The summed E-state index contributed by atoms with van der Waals surface area (Å²) in [6.07, 6.45) is 0.347. The lowest BCUT2D eigenvalue weighted by Gasteiger charge is -2.16. The van der Waals surface area contributed by atoms with Gasteiger partial charge in [-0.05, 0) is 12.0 Å². The molecule has 0 aliphatic carbocycles. The monoisotopic (exact) mass is 209 g/mol. The van der Waals surface area contributed by atoms with E-state index in [0.717, 1.165) is 22.4 Å². The van der Waals surface area contributed by atoms with Crippen molar-refractivity contribution < 1.29 is 2.74 Å². The van der Waals surface area contributed by atoms with Crippen LogP contribution in [-0.2, 0) is 6.42 Å². The summed E-state index contributed by atoms with van der Waals surface area (Å²) in [4.78, 5) is 4.28. The zero-order valence-corrected chi connectivity index (χ0v) is 8.85. The molecule has 3 rings (SSSR count). The minimum Gasteiger partial charge on any atom is -0.284 e. The number of hydrogen-bond donors (Lipinski definition) is 0. The van der Waals surface area contributed by atoms with Gasteiger partial charge in [0, 0.05) is 17.6 Å². The van der Waals surface area contributed by atoms with Gasteiger partial charge in [-0.1, -0.05) is 54.6 Å². The van der Waals surface area contributed by atoms with E-state index in [9.17, 15) is 0 Å². The van der Waals surface area contributed by atoms with Crippen LogP contribution in [0.3, 0.4) is 0 Å². The second kappa shape index (κ2) is 3.93. The molecule has 0 atom stereocenters. The fourth-order valence-corrected chi connectivity index (χ4v) is 1.99. The van der Waals surface area contributed by atoms with Crippen molar-refractivity contribution in [2.75, 3.05) is 6.50 Å². The van der Waals surface area contributed by atoms with Gasteiger partial charge >= 0.3 is 0 Å². The standard InChI is InChI=1S/C15H13N/c1-2-7-13(8-3-1)15-14-9-5-4-6-12(14)10-11-16-15/h1-9H,10-11H2/i11D2. The summed E-state index contributed by atoms with van der Waals surface area (Å²) < 4.78 is 15.8. The topological polar surface area (TPSA) is 12.4 Å². The van der Waals surface area contributed by atoms with Gasteiger partial charge in [-0.2, -0.15) is 0 Å². The van der Waals surface area contributed by atoms with Gasteiger partial charge in [-0.25, -0.2) is 0 Å². The van der Waals surface area contributed by atoms with E-state index in [1.165, 1.54) is 0 Å². The first-order valence-corrected chi connectivity index (χ1v) is 5.39. The fraction of sp³-hybridized carbons (Fsp3) is 0.133. The molecule has 1 heterocycles. The average Bonchev–Trinajstić information content (AvgIpc) is 2.38. The Morgan fingerprint density at radius 3 is 2.56 bits per heavy atom. The third kappa shape index (κ3) is 1.54. The first kappa shape index (κ1) is 7.39. The van der Waals surface area contributed by atoms with Crippen LogP contribution in [0.4, 0.5) is 0 Å².